The lowest BCUT2D eigenvalue weighted by Crippen LogP contribution is -2.49. The maximum Gasteiger partial charge on any atom is 0.234 e. The van der Waals surface area contributed by atoms with Crippen LogP contribution < -0.4 is 15.4 Å². The fourth-order valence-electron chi connectivity index (χ4n) is 2.09. The van der Waals surface area contributed by atoms with Crippen molar-refractivity contribution in [1.82, 2.24) is 0 Å². The topological polar surface area (TPSA) is 55.6 Å². The van der Waals surface area contributed by atoms with Crippen molar-refractivity contribution in [1.29, 1.82) is 0 Å². The number of fused-ring (bicyclic) bond motifs is 1. The molecule has 98 valence electrons. The molecule has 1 aliphatic heterocycles. The molecule has 0 bridgehead atoms. The molecule has 1 aromatic rings. The number of anilines is 1. The van der Waals surface area contributed by atoms with Crippen LogP contribution in [0.15, 0.2) is 24.3 Å². The van der Waals surface area contributed by atoms with Crippen LogP contribution in [0.4, 0.5) is 5.69 Å². The van der Waals surface area contributed by atoms with Crippen molar-refractivity contribution in [3.8, 4) is 5.75 Å². The van der Waals surface area contributed by atoms with E-state index in [2.05, 4.69) is 0 Å². The summed E-state index contributed by atoms with van der Waals surface area (Å²) in [6.45, 7) is 5.41. The van der Waals surface area contributed by atoms with Gasteiger partial charge in [0.2, 0.25) is 5.91 Å². The first-order chi connectivity index (χ1) is 8.62. The Bertz CT molecular complexity index is 441. The van der Waals surface area contributed by atoms with Gasteiger partial charge in [-0.1, -0.05) is 19.1 Å². The average Bonchev–Trinajstić information content (AvgIpc) is 2.45. The Morgan fingerprint density at radius 1 is 1.50 bits per heavy atom. The van der Waals surface area contributed by atoms with E-state index >= 15 is 0 Å². The summed E-state index contributed by atoms with van der Waals surface area (Å²) in [6, 6.07) is 7.63. The number of carbonyl (C=O) groups is 1. The third-order valence-electron chi connectivity index (χ3n) is 3.72. The van der Waals surface area contributed by atoms with Crippen molar-refractivity contribution in [3.63, 3.8) is 0 Å². The van der Waals surface area contributed by atoms with Crippen LogP contribution in [0.2, 0.25) is 0 Å². The van der Waals surface area contributed by atoms with E-state index in [9.17, 15) is 4.79 Å². The zero-order valence-electron chi connectivity index (χ0n) is 11.0. The van der Waals surface area contributed by atoms with Crippen molar-refractivity contribution in [2.24, 2.45) is 11.1 Å². The summed E-state index contributed by atoms with van der Waals surface area (Å²) in [5.41, 5.74) is 6.12. The summed E-state index contributed by atoms with van der Waals surface area (Å²) in [4.78, 5) is 14.4. The molecule has 0 fully saturated rings. The van der Waals surface area contributed by atoms with Crippen LogP contribution in [0.3, 0.4) is 0 Å². The highest BCUT2D eigenvalue weighted by atomic mass is 16.5. The Hall–Kier alpha value is -1.55. The van der Waals surface area contributed by atoms with E-state index in [1.54, 1.807) is 4.90 Å². The van der Waals surface area contributed by atoms with Gasteiger partial charge in [-0.25, -0.2) is 0 Å². The van der Waals surface area contributed by atoms with E-state index in [-0.39, 0.29) is 5.91 Å². The Balaban J connectivity index is 2.33. The smallest absolute Gasteiger partial charge is 0.234 e. The van der Waals surface area contributed by atoms with Crippen molar-refractivity contribution in [3.05, 3.63) is 24.3 Å². The standard InChI is InChI=1S/C14H20N2O2/c1-3-14(2,10-15)13(17)16-8-9-18-12-7-5-4-6-11(12)16/h4-7H,3,8-10,15H2,1-2H3. The highest BCUT2D eigenvalue weighted by Crippen LogP contribution is 2.34. The van der Waals surface area contributed by atoms with Crippen LogP contribution in [-0.4, -0.2) is 25.6 Å². The van der Waals surface area contributed by atoms with Gasteiger partial charge in [0.15, 0.2) is 0 Å². The van der Waals surface area contributed by atoms with Crippen LogP contribution in [0.25, 0.3) is 0 Å². The van der Waals surface area contributed by atoms with Gasteiger partial charge in [0.1, 0.15) is 12.4 Å². The van der Waals surface area contributed by atoms with Gasteiger partial charge in [0.25, 0.3) is 0 Å². The van der Waals surface area contributed by atoms with Gasteiger partial charge >= 0.3 is 0 Å². The van der Waals surface area contributed by atoms with Gasteiger partial charge in [-0.2, -0.15) is 0 Å². The largest absolute Gasteiger partial charge is 0.490 e. The molecule has 0 spiro atoms. The Labute approximate surface area is 108 Å². The molecule has 1 heterocycles. The maximum absolute atomic E-state index is 12.6. The molecule has 0 saturated heterocycles. The highest BCUT2D eigenvalue weighted by molar-refractivity contribution is 5.99. The number of ether oxygens (including phenoxy) is 1. The molecule has 1 unspecified atom stereocenters. The van der Waals surface area contributed by atoms with Crippen molar-refractivity contribution in [2.45, 2.75) is 20.3 Å². The van der Waals surface area contributed by atoms with Crippen LogP contribution >= 0.6 is 0 Å². The molecule has 1 atom stereocenters. The molecule has 1 aromatic carbocycles. The molecule has 0 saturated carbocycles. The number of nitrogens with two attached hydrogens (primary N) is 1. The molecular weight excluding hydrogens is 228 g/mol. The third-order valence-corrected chi connectivity index (χ3v) is 3.72. The van der Waals surface area contributed by atoms with Gasteiger partial charge in [-0.05, 0) is 25.5 Å². The first-order valence-electron chi connectivity index (χ1n) is 6.36. The van der Waals surface area contributed by atoms with E-state index < -0.39 is 5.41 Å². The molecule has 4 heteroatoms. The van der Waals surface area contributed by atoms with E-state index in [4.69, 9.17) is 10.5 Å². The van der Waals surface area contributed by atoms with Crippen molar-refractivity contribution >= 4 is 11.6 Å². The van der Waals surface area contributed by atoms with E-state index in [0.717, 1.165) is 17.9 Å². The number of hydrogen-bond acceptors (Lipinski definition) is 3. The van der Waals surface area contributed by atoms with Gasteiger partial charge in [0.05, 0.1) is 17.6 Å². The minimum atomic E-state index is -0.496. The molecule has 0 radical (unpaired) electrons. The second-order valence-corrected chi connectivity index (χ2v) is 4.89. The zero-order valence-corrected chi connectivity index (χ0v) is 11.0. The summed E-state index contributed by atoms with van der Waals surface area (Å²) in [6.07, 6.45) is 0.738. The third kappa shape index (κ3) is 2.08. The fourth-order valence-corrected chi connectivity index (χ4v) is 2.09. The van der Waals surface area contributed by atoms with Crippen molar-refractivity contribution < 1.29 is 9.53 Å². The molecule has 2 N–H and O–H groups in total. The van der Waals surface area contributed by atoms with Gasteiger partial charge in [0, 0.05) is 6.54 Å². The molecule has 1 aliphatic rings. The molecule has 18 heavy (non-hydrogen) atoms. The van der Waals surface area contributed by atoms with Crippen LogP contribution in [-0.2, 0) is 4.79 Å². The average molecular weight is 248 g/mol. The Morgan fingerprint density at radius 3 is 2.89 bits per heavy atom. The Kier molecular flexibility index (Phi) is 3.57. The van der Waals surface area contributed by atoms with Crippen LogP contribution in [0.5, 0.6) is 5.75 Å². The molecule has 1 amide bonds. The maximum atomic E-state index is 12.6. The van der Waals surface area contributed by atoms with E-state index in [1.165, 1.54) is 0 Å². The molecule has 0 aromatic heterocycles. The second-order valence-electron chi connectivity index (χ2n) is 4.89. The number of carbonyl (C=O) groups excluding carboxylic acids is 1. The lowest BCUT2D eigenvalue weighted by atomic mass is 9.85. The second kappa shape index (κ2) is 4.98. The molecular formula is C14H20N2O2. The summed E-state index contributed by atoms with van der Waals surface area (Å²) in [7, 11) is 0. The number of para-hydroxylation sites is 2. The SMILES string of the molecule is CCC(C)(CN)C(=O)N1CCOc2ccccc21. The summed E-state index contributed by atoms with van der Waals surface area (Å²) < 4.78 is 5.56. The van der Waals surface area contributed by atoms with Gasteiger partial charge < -0.3 is 15.4 Å². The van der Waals surface area contributed by atoms with Gasteiger partial charge in [-0.3, -0.25) is 4.79 Å². The van der Waals surface area contributed by atoms with Crippen LogP contribution in [0, 0.1) is 5.41 Å². The summed E-state index contributed by atoms with van der Waals surface area (Å²) >= 11 is 0. The summed E-state index contributed by atoms with van der Waals surface area (Å²) in [5.74, 6) is 0.857. The predicted molar refractivity (Wildman–Crippen MR) is 71.7 cm³/mol. The van der Waals surface area contributed by atoms with Crippen LogP contribution in [0.1, 0.15) is 20.3 Å². The van der Waals surface area contributed by atoms with Crippen molar-refractivity contribution in [2.75, 3.05) is 24.6 Å². The monoisotopic (exact) mass is 248 g/mol. The molecule has 0 aliphatic carbocycles. The van der Waals surface area contributed by atoms with Gasteiger partial charge in [-0.15, -0.1) is 0 Å². The number of benzene rings is 1. The minimum Gasteiger partial charge on any atom is -0.490 e. The lowest BCUT2D eigenvalue weighted by Gasteiger charge is -2.36. The van der Waals surface area contributed by atoms with E-state index in [0.29, 0.717) is 19.7 Å². The first-order valence-corrected chi connectivity index (χ1v) is 6.36. The number of hydrogen-bond donors (Lipinski definition) is 1. The first kappa shape index (κ1) is 12.9. The zero-order chi connectivity index (χ0) is 13.2. The normalized spacial score (nSPS) is 17.6. The fraction of sp³-hybridized carbons (Fsp3) is 0.500. The lowest BCUT2D eigenvalue weighted by molar-refractivity contribution is -0.127. The highest BCUT2D eigenvalue weighted by Gasteiger charge is 2.36. The number of amides is 1. The summed E-state index contributed by atoms with van der Waals surface area (Å²) in [5, 5.41) is 0. The number of rotatable bonds is 3. The van der Waals surface area contributed by atoms with E-state index in [1.807, 2.05) is 38.1 Å². The molecule has 2 rings (SSSR count). The molecule has 4 nitrogen and oxygen atoms in total. The number of nitrogens with zero attached hydrogens (tertiary/aromatic N) is 1. The Morgan fingerprint density at radius 2 is 2.22 bits per heavy atom. The quantitative estimate of drug-likeness (QED) is 0.887. The minimum absolute atomic E-state index is 0.0863. The predicted octanol–water partition coefficient (Wildman–Crippen LogP) is 1.79.